The molecule has 0 saturated heterocycles. The van der Waals surface area contributed by atoms with Crippen molar-refractivity contribution in [2.24, 2.45) is 0 Å². The number of fused-ring (bicyclic) bond motifs is 2. The van der Waals surface area contributed by atoms with E-state index in [1.165, 1.54) is 0 Å². The number of aromatic amines is 1. The van der Waals surface area contributed by atoms with E-state index in [-0.39, 0.29) is 18.4 Å². The Balaban J connectivity index is 1.59. The van der Waals surface area contributed by atoms with Gasteiger partial charge < -0.3 is 20.4 Å². The monoisotopic (exact) mass is 385 g/mol. The number of carbonyl (C=O) groups is 2. The zero-order valence-corrected chi connectivity index (χ0v) is 13.9. The van der Waals surface area contributed by atoms with Crippen LogP contribution in [0, 0.1) is 0 Å². The second kappa shape index (κ2) is 5.68. The number of H-pyrrole nitrogens is 1. The fourth-order valence-corrected chi connectivity index (χ4v) is 2.94. The van der Waals surface area contributed by atoms with Gasteiger partial charge in [-0.05, 0) is 36.4 Å². The van der Waals surface area contributed by atoms with Crippen molar-refractivity contribution in [1.29, 1.82) is 0 Å². The van der Waals surface area contributed by atoms with E-state index in [1.807, 2.05) is 18.2 Å². The van der Waals surface area contributed by atoms with Crippen molar-refractivity contribution in [3.63, 3.8) is 0 Å². The number of halogens is 1. The fraction of sp³-hybridized carbons (Fsp3) is 0.0588. The van der Waals surface area contributed by atoms with Crippen LogP contribution < -0.4 is 15.4 Å². The number of amides is 2. The number of rotatable bonds is 2. The van der Waals surface area contributed by atoms with E-state index >= 15 is 0 Å². The van der Waals surface area contributed by atoms with Crippen LogP contribution >= 0.6 is 15.9 Å². The van der Waals surface area contributed by atoms with Gasteiger partial charge in [-0.1, -0.05) is 22.0 Å². The maximum absolute atomic E-state index is 12.4. The predicted molar refractivity (Wildman–Crippen MR) is 94.5 cm³/mol. The molecule has 2 amide bonds. The van der Waals surface area contributed by atoms with Gasteiger partial charge in [-0.2, -0.15) is 0 Å². The van der Waals surface area contributed by atoms with E-state index < -0.39 is 0 Å². The van der Waals surface area contributed by atoms with Gasteiger partial charge in [0.25, 0.3) is 11.8 Å². The molecule has 3 N–H and O–H groups in total. The standard InChI is InChI=1S/C17H12BrN3O3/c18-10-2-1-9-5-14(20-12(9)6-10)17(23)19-11-3-4-15-13(7-11)21-16(22)8-24-15/h1-7,20H,8H2,(H,19,23)(H,21,22). The summed E-state index contributed by atoms with van der Waals surface area (Å²) < 4.78 is 6.24. The van der Waals surface area contributed by atoms with E-state index in [1.54, 1.807) is 24.3 Å². The minimum atomic E-state index is -0.259. The van der Waals surface area contributed by atoms with Gasteiger partial charge in [-0.25, -0.2) is 0 Å². The highest BCUT2D eigenvalue weighted by molar-refractivity contribution is 9.10. The summed E-state index contributed by atoms with van der Waals surface area (Å²) in [6, 6.07) is 12.7. The molecule has 6 nitrogen and oxygen atoms in total. The Hall–Kier alpha value is -2.80. The van der Waals surface area contributed by atoms with Crippen molar-refractivity contribution < 1.29 is 14.3 Å². The highest BCUT2D eigenvalue weighted by atomic mass is 79.9. The van der Waals surface area contributed by atoms with Crippen molar-refractivity contribution in [3.05, 3.63) is 52.6 Å². The summed E-state index contributed by atoms with van der Waals surface area (Å²) in [5, 5.41) is 6.48. The summed E-state index contributed by atoms with van der Waals surface area (Å²) >= 11 is 3.41. The molecule has 2 heterocycles. The molecule has 1 aromatic heterocycles. The number of hydrogen-bond acceptors (Lipinski definition) is 3. The zero-order valence-electron chi connectivity index (χ0n) is 12.4. The molecule has 0 aliphatic carbocycles. The molecule has 1 aliphatic heterocycles. The molecule has 0 radical (unpaired) electrons. The molecule has 2 aromatic carbocycles. The molecule has 1 aliphatic rings. The van der Waals surface area contributed by atoms with E-state index in [9.17, 15) is 9.59 Å². The van der Waals surface area contributed by atoms with E-state index in [0.29, 0.717) is 22.8 Å². The number of aromatic nitrogens is 1. The number of hydrogen-bond donors (Lipinski definition) is 3. The van der Waals surface area contributed by atoms with Crippen molar-refractivity contribution >= 4 is 50.0 Å². The fourth-order valence-electron chi connectivity index (χ4n) is 2.58. The van der Waals surface area contributed by atoms with Gasteiger partial charge in [0.15, 0.2) is 6.61 Å². The molecular weight excluding hydrogens is 374 g/mol. The summed E-state index contributed by atoms with van der Waals surface area (Å²) in [5.74, 6) is 0.112. The van der Waals surface area contributed by atoms with Gasteiger partial charge in [0, 0.05) is 21.1 Å². The smallest absolute Gasteiger partial charge is 0.272 e. The lowest BCUT2D eigenvalue weighted by atomic mass is 10.2. The normalized spacial score (nSPS) is 13.1. The van der Waals surface area contributed by atoms with Gasteiger partial charge in [-0.3, -0.25) is 9.59 Å². The van der Waals surface area contributed by atoms with Crippen molar-refractivity contribution in [2.45, 2.75) is 0 Å². The Kier molecular flexibility index (Phi) is 3.50. The minimum Gasteiger partial charge on any atom is -0.482 e. The zero-order chi connectivity index (χ0) is 16.7. The third-order valence-electron chi connectivity index (χ3n) is 3.70. The molecule has 0 spiro atoms. The first kappa shape index (κ1) is 14.8. The summed E-state index contributed by atoms with van der Waals surface area (Å²) in [6.07, 6.45) is 0. The topological polar surface area (TPSA) is 83.2 Å². The molecule has 24 heavy (non-hydrogen) atoms. The second-order valence-electron chi connectivity index (χ2n) is 5.42. The lowest BCUT2D eigenvalue weighted by Gasteiger charge is -2.18. The molecular formula is C17H12BrN3O3. The van der Waals surface area contributed by atoms with Crippen LogP contribution in [0.3, 0.4) is 0 Å². The molecule has 0 fully saturated rings. The highest BCUT2D eigenvalue weighted by Gasteiger charge is 2.17. The number of benzene rings is 2. The van der Waals surface area contributed by atoms with E-state index in [2.05, 4.69) is 31.5 Å². The van der Waals surface area contributed by atoms with Gasteiger partial charge in [0.05, 0.1) is 5.69 Å². The summed E-state index contributed by atoms with van der Waals surface area (Å²) in [7, 11) is 0. The van der Waals surface area contributed by atoms with Gasteiger partial charge >= 0.3 is 0 Å². The SMILES string of the molecule is O=C1COc2ccc(NC(=O)c3cc4ccc(Br)cc4[nH]3)cc2N1. The molecule has 3 aromatic rings. The lowest BCUT2D eigenvalue weighted by molar-refractivity contribution is -0.118. The molecule has 0 saturated carbocycles. The first-order valence-corrected chi connectivity index (χ1v) is 8.04. The van der Waals surface area contributed by atoms with Gasteiger partial charge in [0.2, 0.25) is 0 Å². The van der Waals surface area contributed by atoms with Crippen LogP contribution in [0.2, 0.25) is 0 Å². The highest BCUT2D eigenvalue weighted by Crippen LogP contribution is 2.30. The molecule has 0 atom stereocenters. The van der Waals surface area contributed by atoms with Gasteiger partial charge in [0.1, 0.15) is 11.4 Å². The minimum absolute atomic E-state index is 0.00330. The number of carbonyl (C=O) groups excluding carboxylic acids is 2. The van der Waals surface area contributed by atoms with Crippen LogP contribution in [0.1, 0.15) is 10.5 Å². The van der Waals surface area contributed by atoms with Crippen LogP contribution in [0.5, 0.6) is 5.75 Å². The Morgan fingerprint density at radius 2 is 2.04 bits per heavy atom. The second-order valence-corrected chi connectivity index (χ2v) is 6.33. The maximum Gasteiger partial charge on any atom is 0.272 e. The third-order valence-corrected chi connectivity index (χ3v) is 4.19. The van der Waals surface area contributed by atoms with E-state index in [0.717, 1.165) is 15.4 Å². The quantitative estimate of drug-likeness (QED) is 0.630. The number of ether oxygens (including phenoxy) is 1. The first-order chi connectivity index (χ1) is 11.6. The molecule has 120 valence electrons. The Bertz CT molecular complexity index is 980. The maximum atomic E-state index is 12.4. The lowest BCUT2D eigenvalue weighted by Crippen LogP contribution is -2.25. The number of nitrogens with one attached hydrogen (secondary N) is 3. The average Bonchev–Trinajstić information content (AvgIpc) is 2.97. The summed E-state index contributed by atoms with van der Waals surface area (Å²) in [6.45, 7) is 0.00330. The third kappa shape index (κ3) is 2.74. The van der Waals surface area contributed by atoms with Gasteiger partial charge in [-0.15, -0.1) is 0 Å². The first-order valence-electron chi connectivity index (χ1n) is 7.25. The van der Waals surface area contributed by atoms with Crippen LogP contribution in [0.4, 0.5) is 11.4 Å². The van der Waals surface area contributed by atoms with Crippen molar-refractivity contribution in [2.75, 3.05) is 17.2 Å². The molecule has 4 rings (SSSR count). The molecule has 0 bridgehead atoms. The average molecular weight is 386 g/mol. The van der Waals surface area contributed by atoms with Crippen LogP contribution in [0.25, 0.3) is 10.9 Å². The van der Waals surface area contributed by atoms with Crippen LogP contribution in [-0.4, -0.2) is 23.4 Å². The van der Waals surface area contributed by atoms with Crippen molar-refractivity contribution in [1.82, 2.24) is 4.98 Å². The molecule has 7 heteroatoms. The Morgan fingerprint density at radius 3 is 2.92 bits per heavy atom. The molecule has 0 unspecified atom stereocenters. The van der Waals surface area contributed by atoms with Crippen LogP contribution in [0.15, 0.2) is 46.9 Å². The summed E-state index contributed by atoms with van der Waals surface area (Å²) in [5.41, 5.74) is 2.45. The van der Waals surface area contributed by atoms with Crippen LogP contribution in [-0.2, 0) is 4.79 Å². The Labute approximate surface area is 145 Å². The van der Waals surface area contributed by atoms with Crippen molar-refractivity contribution in [3.8, 4) is 5.75 Å². The largest absolute Gasteiger partial charge is 0.482 e. The Morgan fingerprint density at radius 1 is 1.17 bits per heavy atom. The predicted octanol–water partition coefficient (Wildman–Crippen LogP) is 3.51. The van der Waals surface area contributed by atoms with E-state index in [4.69, 9.17) is 4.74 Å². The number of anilines is 2. The summed E-state index contributed by atoms with van der Waals surface area (Å²) in [4.78, 5) is 26.9.